The van der Waals surface area contributed by atoms with Gasteiger partial charge in [-0.1, -0.05) is 30.3 Å². The summed E-state index contributed by atoms with van der Waals surface area (Å²) in [6.07, 6.45) is 3.63. The summed E-state index contributed by atoms with van der Waals surface area (Å²) in [5.41, 5.74) is 4.62. The fraction of sp³-hybridized carbons (Fsp3) is 0.227. The summed E-state index contributed by atoms with van der Waals surface area (Å²) in [6, 6.07) is 18.7. The fourth-order valence-electron chi connectivity index (χ4n) is 2.98. The Balaban J connectivity index is 1.70. The summed E-state index contributed by atoms with van der Waals surface area (Å²) in [5, 5.41) is 3.55. The van der Waals surface area contributed by atoms with E-state index in [2.05, 4.69) is 41.5 Å². The molecule has 0 saturated carbocycles. The van der Waals surface area contributed by atoms with E-state index in [0.717, 1.165) is 17.1 Å². The third-order valence-electron chi connectivity index (χ3n) is 4.54. The zero-order valence-electron chi connectivity index (χ0n) is 15.4. The Bertz CT molecular complexity index is 810. The van der Waals surface area contributed by atoms with E-state index >= 15 is 0 Å². The lowest BCUT2D eigenvalue weighted by atomic mass is 10.0. The van der Waals surface area contributed by atoms with E-state index in [1.54, 1.807) is 14.2 Å². The van der Waals surface area contributed by atoms with Crippen molar-refractivity contribution in [2.24, 2.45) is 0 Å². The fourth-order valence-corrected chi connectivity index (χ4v) is 2.98. The first-order valence-electron chi connectivity index (χ1n) is 8.66. The van der Waals surface area contributed by atoms with Gasteiger partial charge < -0.3 is 14.8 Å². The molecule has 0 amide bonds. The topological polar surface area (TPSA) is 43.4 Å². The minimum Gasteiger partial charge on any atom is -0.496 e. The first-order chi connectivity index (χ1) is 12.7. The van der Waals surface area contributed by atoms with Crippen LogP contribution in [0.15, 0.2) is 67.0 Å². The first kappa shape index (κ1) is 18.0. The van der Waals surface area contributed by atoms with Crippen LogP contribution >= 0.6 is 0 Å². The van der Waals surface area contributed by atoms with Gasteiger partial charge in [-0.25, -0.2) is 0 Å². The Hall–Kier alpha value is -2.85. The molecular weight excluding hydrogens is 324 g/mol. The van der Waals surface area contributed by atoms with Crippen LogP contribution in [0.1, 0.15) is 24.1 Å². The van der Waals surface area contributed by atoms with Crippen molar-refractivity contribution in [1.82, 2.24) is 10.3 Å². The van der Waals surface area contributed by atoms with Crippen molar-refractivity contribution in [2.75, 3.05) is 14.2 Å². The quantitative estimate of drug-likeness (QED) is 0.677. The number of nitrogens with zero attached hydrogens (tertiary/aromatic N) is 1. The summed E-state index contributed by atoms with van der Waals surface area (Å²) in [6.45, 7) is 2.82. The molecule has 0 aliphatic heterocycles. The van der Waals surface area contributed by atoms with Crippen molar-refractivity contribution in [3.8, 4) is 22.6 Å². The van der Waals surface area contributed by atoms with Gasteiger partial charge in [0, 0.05) is 30.5 Å². The number of rotatable bonds is 7. The number of aromatic nitrogens is 1. The number of hydrogen-bond acceptors (Lipinski definition) is 4. The van der Waals surface area contributed by atoms with E-state index in [9.17, 15) is 0 Å². The van der Waals surface area contributed by atoms with Gasteiger partial charge >= 0.3 is 0 Å². The summed E-state index contributed by atoms with van der Waals surface area (Å²) in [5.74, 6) is 1.66. The standard InChI is InChI=1S/C22H24N2O2/c1-16(24-15-20-21(25-2)5-4-6-22(20)26-3)17-7-9-18(10-8-17)19-11-13-23-14-12-19/h4-14,16,24H,15H2,1-3H3. The summed E-state index contributed by atoms with van der Waals surface area (Å²) >= 11 is 0. The lowest BCUT2D eigenvalue weighted by Crippen LogP contribution is -2.19. The highest BCUT2D eigenvalue weighted by atomic mass is 16.5. The van der Waals surface area contributed by atoms with Crippen LogP contribution in [0.4, 0.5) is 0 Å². The van der Waals surface area contributed by atoms with Gasteiger partial charge in [-0.2, -0.15) is 0 Å². The molecule has 4 heteroatoms. The second kappa shape index (κ2) is 8.50. The van der Waals surface area contributed by atoms with Crippen molar-refractivity contribution < 1.29 is 9.47 Å². The zero-order valence-corrected chi connectivity index (χ0v) is 15.4. The number of pyridine rings is 1. The molecule has 4 nitrogen and oxygen atoms in total. The van der Waals surface area contributed by atoms with Gasteiger partial charge in [-0.05, 0) is 47.9 Å². The molecule has 2 aromatic carbocycles. The molecule has 0 aliphatic carbocycles. The largest absolute Gasteiger partial charge is 0.496 e. The Morgan fingerprint density at radius 2 is 1.42 bits per heavy atom. The van der Waals surface area contributed by atoms with Crippen molar-refractivity contribution in [1.29, 1.82) is 0 Å². The van der Waals surface area contributed by atoms with Crippen molar-refractivity contribution >= 4 is 0 Å². The summed E-state index contributed by atoms with van der Waals surface area (Å²) in [4.78, 5) is 4.07. The van der Waals surface area contributed by atoms with Gasteiger partial charge in [0.1, 0.15) is 11.5 Å². The summed E-state index contributed by atoms with van der Waals surface area (Å²) in [7, 11) is 3.36. The Morgan fingerprint density at radius 1 is 0.846 bits per heavy atom. The highest BCUT2D eigenvalue weighted by Gasteiger charge is 2.12. The second-order valence-electron chi connectivity index (χ2n) is 6.10. The van der Waals surface area contributed by atoms with Gasteiger partial charge in [-0.15, -0.1) is 0 Å². The maximum Gasteiger partial charge on any atom is 0.127 e. The molecule has 1 heterocycles. The lowest BCUT2D eigenvalue weighted by molar-refractivity contribution is 0.380. The normalized spacial score (nSPS) is 11.8. The van der Waals surface area contributed by atoms with Crippen LogP contribution in [-0.2, 0) is 6.54 Å². The molecule has 134 valence electrons. The maximum atomic E-state index is 5.47. The molecule has 0 aliphatic rings. The number of hydrogen-bond donors (Lipinski definition) is 1. The highest BCUT2D eigenvalue weighted by molar-refractivity contribution is 5.63. The third-order valence-corrected chi connectivity index (χ3v) is 4.54. The minimum atomic E-state index is 0.205. The van der Waals surface area contributed by atoms with E-state index in [-0.39, 0.29) is 6.04 Å². The molecule has 0 spiro atoms. The molecule has 1 atom stereocenters. The highest BCUT2D eigenvalue weighted by Crippen LogP contribution is 2.29. The molecule has 1 N–H and O–H groups in total. The molecular formula is C22H24N2O2. The minimum absolute atomic E-state index is 0.205. The average Bonchev–Trinajstić information content (AvgIpc) is 2.72. The second-order valence-corrected chi connectivity index (χ2v) is 6.10. The molecule has 26 heavy (non-hydrogen) atoms. The molecule has 3 rings (SSSR count). The smallest absolute Gasteiger partial charge is 0.127 e. The number of ether oxygens (including phenoxy) is 2. The average molecular weight is 348 g/mol. The van der Waals surface area contributed by atoms with E-state index in [1.165, 1.54) is 16.7 Å². The number of benzene rings is 2. The molecule has 0 fully saturated rings. The third kappa shape index (κ3) is 4.03. The predicted molar refractivity (Wildman–Crippen MR) is 104 cm³/mol. The van der Waals surface area contributed by atoms with Crippen LogP contribution in [0.5, 0.6) is 11.5 Å². The molecule has 3 aromatic rings. The van der Waals surface area contributed by atoms with Crippen molar-refractivity contribution in [3.05, 3.63) is 78.1 Å². The van der Waals surface area contributed by atoms with Gasteiger partial charge in [0.05, 0.1) is 14.2 Å². The van der Waals surface area contributed by atoms with Crippen molar-refractivity contribution in [3.63, 3.8) is 0 Å². The molecule has 0 bridgehead atoms. The molecule has 0 radical (unpaired) electrons. The van der Waals surface area contributed by atoms with Crippen LogP contribution in [-0.4, -0.2) is 19.2 Å². The van der Waals surface area contributed by atoms with E-state index in [0.29, 0.717) is 6.54 Å². The van der Waals surface area contributed by atoms with E-state index < -0.39 is 0 Å². The lowest BCUT2D eigenvalue weighted by Gasteiger charge is -2.18. The van der Waals surface area contributed by atoms with Crippen LogP contribution < -0.4 is 14.8 Å². The van der Waals surface area contributed by atoms with Gasteiger partial charge in [0.15, 0.2) is 0 Å². The monoisotopic (exact) mass is 348 g/mol. The van der Waals surface area contributed by atoms with Gasteiger partial charge in [-0.3, -0.25) is 4.98 Å². The SMILES string of the molecule is COc1cccc(OC)c1CNC(C)c1ccc(-c2ccncc2)cc1. The number of methoxy groups -OCH3 is 2. The Morgan fingerprint density at radius 3 is 2.00 bits per heavy atom. The zero-order chi connectivity index (χ0) is 18.4. The Labute approximate surface area is 154 Å². The molecule has 1 unspecified atom stereocenters. The van der Waals surface area contributed by atoms with Gasteiger partial charge in [0.25, 0.3) is 0 Å². The van der Waals surface area contributed by atoms with Crippen molar-refractivity contribution in [2.45, 2.75) is 19.5 Å². The van der Waals surface area contributed by atoms with E-state index in [1.807, 2.05) is 42.7 Å². The van der Waals surface area contributed by atoms with E-state index in [4.69, 9.17) is 9.47 Å². The van der Waals surface area contributed by atoms with Crippen LogP contribution in [0.25, 0.3) is 11.1 Å². The van der Waals surface area contributed by atoms with Crippen LogP contribution in [0, 0.1) is 0 Å². The molecule has 0 saturated heterocycles. The van der Waals surface area contributed by atoms with Crippen LogP contribution in [0.2, 0.25) is 0 Å². The Kier molecular flexibility index (Phi) is 5.87. The maximum absolute atomic E-state index is 5.47. The number of nitrogens with one attached hydrogen (secondary N) is 1. The molecule has 1 aromatic heterocycles. The first-order valence-corrected chi connectivity index (χ1v) is 8.66. The van der Waals surface area contributed by atoms with Gasteiger partial charge in [0.2, 0.25) is 0 Å². The van der Waals surface area contributed by atoms with Crippen LogP contribution in [0.3, 0.4) is 0 Å². The summed E-state index contributed by atoms with van der Waals surface area (Å²) < 4.78 is 10.9. The predicted octanol–water partition coefficient (Wildman–Crippen LogP) is 4.62.